The average Bonchev–Trinajstić information content (AvgIpc) is 2.46. The molecular formula is C16H26N2O. The molecule has 1 aliphatic rings. The summed E-state index contributed by atoms with van der Waals surface area (Å²) in [4.78, 5) is 4.24. The molecule has 0 radical (unpaired) electrons. The van der Waals surface area contributed by atoms with Gasteiger partial charge in [0.25, 0.3) is 0 Å². The van der Waals surface area contributed by atoms with Gasteiger partial charge in [0.1, 0.15) is 0 Å². The molecular weight excluding hydrogens is 236 g/mol. The number of nitrogens with one attached hydrogen (secondary N) is 1. The topological polar surface area (TPSA) is 34.1 Å². The van der Waals surface area contributed by atoms with Crippen molar-refractivity contribution in [2.24, 2.45) is 11.8 Å². The molecule has 1 fully saturated rings. The third-order valence-corrected chi connectivity index (χ3v) is 4.26. The standard InChI is InChI=1S/C16H26N2O/c1-12(2)14-5-4-6-15(9-14)17-10-13-7-8-16(19-3)18-11-13/h7-8,11-12,14-15,17H,4-6,9-10H2,1-3H3. The Balaban J connectivity index is 1.80. The Kier molecular flexibility index (Phi) is 5.20. The number of aromatic nitrogens is 1. The number of methoxy groups -OCH3 is 1. The van der Waals surface area contributed by atoms with Crippen molar-refractivity contribution in [3.8, 4) is 5.88 Å². The van der Waals surface area contributed by atoms with Crippen molar-refractivity contribution in [2.45, 2.75) is 52.1 Å². The molecule has 3 heteroatoms. The fourth-order valence-corrected chi connectivity index (χ4v) is 2.92. The lowest BCUT2D eigenvalue weighted by molar-refractivity contribution is 0.231. The Labute approximate surface area is 116 Å². The zero-order chi connectivity index (χ0) is 13.7. The zero-order valence-corrected chi connectivity index (χ0v) is 12.4. The number of ether oxygens (including phenoxy) is 1. The first kappa shape index (κ1) is 14.3. The van der Waals surface area contributed by atoms with Crippen LogP contribution in [-0.4, -0.2) is 18.1 Å². The molecule has 106 valence electrons. The normalized spacial score (nSPS) is 23.6. The summed E-state index contributed by atoms with van der Waals surface area (Å²) in [6, 6.07) is 4.68. The van der Waals surface area contributed by atoms with Crippen molar-refractivity contribution in [2.75, 3.05) is 7.11 Å². The summed E-state index contributed by atoms with van der Waals surface area (Å²) in [6.45, 7) is 5.60. The van der Waals surface area contributed by atoms with Gasteiger partial charge in [0.15, 0.2) is 0 Å². The first-order valence-electron chi connectivity index (χ1n) is 7.41. The predicted molar refractivity (Wildman–Crippen MR) is 78.2 cm³/mol. The maximum atomic E-state index is 5.07. The summed E-state index contributed by atoms with van der Waals surface area (Å²) in [5.41, 5.74) is 1.23. The van der Waals surface area contributed by atoms with Crippen molar-refractivity contribution >= 4 is 0 Å². The molecule has 1 aliphatic carbocycles. The van der Waals surface area contributed by atoms with Crippen LogP contribution in [0.1, 0.15) is 45.1 Å². The molecule has 2 rings (SSSR count). The molecule has 0 saturated heterocycles. The van der Waals surface area contributed by atoms with Crippen molar-refractivity contribution < 1.29 is 4.74 Å². The third kappa shape index (κ3) is 4.20. The molecule has 1 aromatic rings. The van der Waals surface area contributed by atoms with Crippen LogP contribution < -0.4 is 10.1 Å². The Hall–Kier alpha value is -1.09. The smallest absolute Gasteiger partial charge is 0.212 e. The van der Waals surface area contributed by atoms with E-state index in [4.69, 9.17) is 4.74 Å². The first-order valence-corrected chi connectivity index (χ1v) is 7.41. The second-order valence-corrected chi connectivity index (χ2v) is 5.96. The van der Waals surface area contributed by atoms with Gasteiger partial charge in [-0.25, -0.2) is 4.98 Å². The van der Waals surface area contributed by atoms with Crippen LogP contribution in [0.3, 0.4) is 0 Å². The molecule has 2 unspecified atom stereocenters. The van der Waals surface area contributed by atoms with Crippen molar-refractivity contribution in [1.82, 2.24) is 10.3 Å². The van der Waals surface area contributed by atoms with E-state index in [0.29, 0.717) is 11.9 Å². The van der Waals surface area contributed by atoms with Crippen LogP contribution in [-0.2, 0) is 6.54 Å². The van der Waals surface area contributed by atoms with E-state index in [2.05, 4.69) is 30.2 Å². The quantitative estimate of drug-likeness (QED) is 0.883. The van der Waals surface area contributed by atoms with Crippen LogP contribution in [0.2, 0.25) is 0 Å². The molecule has 0 aromatic carbocycles. The molecule has 2 atom stereocenters. The van der Waals surface area contributed by atoms with Gasteiger partial charge in [0.2, 0.25) is 5.88 Å². The van der Waals surface area contributed by atoms with Gasteiger partial charge in [-0.1, -0.05) is 32.8 Å². The van der Waals surface area contributed by atoms with Crippen molar-refractivity contribution in [3.63, 3.8) is 0 Å². The highest BCUT2D eigenvalue weighted by molar-refractivity contribution is 5.17. The van der Waals surface area contributed by atoms with E-state index in [1.165, 1.54) is 31.2 Å². The summed E-state index contributed by atoms with van der Waals surface area (Å²) >= 11 is 0. The van der Waals surface area contributed by atoms with E-state index in [9.17, 15) is 0 Å². The molecule has 0 amide bonds. The van der Waals surface area contributed by atoms with E-state index < -0.39 is 0 Å². The Bertz CT molecular complexity index is 375. The first-order chi connectivity index (χ1) is 9.19. The van der Waals surface area contributed by atoms with Gasteiger partial charge in [-0.05, 0) is 30.2 Å². The highest BCUT2D eigenvalue weighted by Gasteiger charge is 2.23. The Morgan fingerprint density at radius 1 is 1.37 bits per heavy atom. The van der Waals surface area contributed by atoms with Gasteiger partial charge >= 0.3 is 0 Å². The number of rotatable bonds is 5. The zero-order valence-electron chi connectivity index (χ0n) is 12.4. The Morgan fingerprint density at radius 2 is 2.21 bits per heavy atom. The maximum Gasteiger partial charge on any atom is 0.212 e. The summed E-state index contributed by atoms with van der Waals surface area (Å²) in [5.74, 6) is 2.38. The van der Waals surface area contributed by atoms with Crippen LogP contribution in [0, 0.1) is 11.8 Å². The fraction of sp³-hybridized carbons (Fsp3) is 0.688. The SMILES string of the molecule is COc1ccc(CNC2CCCC(C(C)C)C2)cn1. The van der Waals surface area contributed by atoms with Crippen molar-refractivity contribution in [1.29, 1.82) is 0 Å². The van der Waals surface area contributed by atoms with Gasteiger partial charge in [0, 0.05) is 24.8 Å². The van der Waals surface area contributed by atoms with Gasteiger partial charge in [-0.3, -0.25) is 0 Å². The molecule has 19 heavy (non-hydrogen) atoms. The van der Waals surface area contributed by atoms with Crippen LogP contribution in [0.5, 0.6) is 5.88 Å². The van der Waals surface area contributed by atoms with E-state index in [1.807, 2.05) is 12.3 Å². The minimum Gasteiger partial charge on any atom is -0.481 e. The lowest BCUT2D eigenvalue weighted by atomic mass is 9.79. The highest BCUT2D eigenvalue weighted by Crippen LogP contribution is 2.30. The van der Waals surface area contributed by atoms with Crippen LogP contribution >= 0.6 is 0 Å². The average molecular weight is 262 g/mol. The number of hydrogen-bond acceptors (Lipinski definition) is 3. The third-order valence-electron chi connectivity index (χ3n) is 4.26. The molecule has 1 N–H and O–H groups in total. The lowest BCUT2D eigenvalue weighted by Crippen LogP contribution is -2.35. The largest absolute Gasteiger partial charge is 0.481 e. The number of nitrogens with zero attached hydrogens (tertiary/aromatic N) is 1. The molecule has 1 aromatic heterocycles. The van der Waals surface area contributed by atoms with Crippen LogP contribution in [0.15, 0.2) is 18.3 Å². The minimum atomic E-state index is 0.670. The minimum absolute atomic E-state index is 0.670. The number of hydrogen-bond donors (Lipinski definition) is 1. The Morgan fingerprint density at radius 3 is 2.84 bits per heavy atom. The molecule has 1 saturated carbocycles. The molecule has 0 bridgehead atoms. The van der Waals surface area contributed by atoms with E-state index in [-0.39, 0.29) is 0 Å². The van der Waals surface area contributed by atoms with E-state index in [1.54, 1.807) is 7.11 Å². The monoisotopic (exact) mass is 262 g/mol. The van der Waals surface area contributed by atoms with Gasteiger partial charge in [-0.2, -0.15) is 0 Å². The predicted octanol–water partition coefficient (Wildman–Crippen LogP) is 3.39. The van der Waals surface area contributed by atoms with Crippen molar-refractivity contribution in [3.05, 3.63) is 23.9 Å². The molecule has 0 aliphatic heterocycles. The summed E-state index contributed by atoms with van der Waals surface area (Å²) in [6.07, 6.45) is 7.30. The van der Waals surface area contributed by atoms with E-state index in [0.717, 1.165) is 18.4 Å². The van der Waals surface area contributed by atoms with E-state index >= 15 is 0 Å². The fourth-order valence-electron chi connectivity index (χ4n) is 2.92. The lowest BCUT2D eigenvalue weighted by Gasteiger charge is -2.32. The summed E-state index contributed by atoms with van der Waals surface area (Å²) < 4.78 is 5.07. The van der Waals surface area contributed by atoms with Crippen LogP contribution in [0.4, 0.5) is 0 Å². The van der Waals surface area contributed by atoms with Crippen LogP contribution in [0.25, 0.3) is 0 Å². The summed E-state index contributed by atoms with van der Waals surface area (Å²) in [5, 5.41) is 3.68. The highest BCUT2D eigenvalue weighted by atomic mass is 16.5. The number of pyridine rings is 1. The second-order valence-electron chi connectivity index (χ2n) is 5.96. The van der Waals surface area contributed by atoms with Gasteiger partial charge in [-0.15, -0.1) is 0 Å². The van der Waals surface area contributed by atoms with Gasteiger partial charge < -0.3 is 10.1 Å². The maximum absolute atomic E-state index is 5.07. The molecule has 3 nitrogen and oxygen atoms in total. The van der Waals surface area contributed by atoms with Gasteiger partial charge in [0.05, 0.1) is 7.11 Å². The molecule has 0 spiro atoms. The molecule has 1 heterocycles. The second kappa shape index (κ2) is 6.90. The summed E-state index contributed by atoms with van der Waals surface area (Å²) in [7, 11) is 1.65.